The maximum absolute atomic E-state index is 11.0. The second-order valence-corrected chi connectivity index (χ2v) is 2.80. The van der Waals surface area contributed by atoms with Crippen LogP contribution >= 0.6 is 0 Å². The van der Waals surface area contributed by atoms with Crippen molar-refractivity contribution in [3.8, 4) is 0 Å². The van der Waals surface area contributed by atoms with Gasteiger partial charge in [-0.05, 0) is 12.1 Å². The van der Waals surface area contributed by atoms with E-state index < -0.39 is 0 Å². The Morgan fingerprint density at radius 2 is 2.36 bits per heavy atom. The summed E-state index contributed by atoms with van der Waals surface area (Å²) in [6.45, 7) is 0. The van der Waals surface area contributed by atoms with E-state index in [1.807, 2.05) is 24.4 Å². The van der Waals surface area contributed by atoms with E-state index in [9.17, 15) is 4.79 Å². The second kappa shape index (κ2) is 3.45. The molecule has 2 aromatic heterocycles. The Balaban J connectivity index is 2.38. The average Bonchev–Trinajstić information content (AvgIpc) is 2.62. The molecule has 72 valence electrons. The molecule has 0 radical (unpaired) electrons. The lowest BCUT2D eigenvalue weighted by atomic mass is 10.4. The number of aromatic nitrogens is 3. The highest BCUT2D eigenvalue weighted by Gasteiger charge is 2.09. The number of fused-ring (bicyclic) bond motifs is 1. The Kier molecular flexibility index (Phi) is 2.14. The normalized spacial score (nSPS) is 10.4. The largest absolute Gasteiger partial charge is 0.469 e. The Morgan fingerprint density at radius 3 is 3.14 bits per heavy atom. The van der Waals surface area contributed by atoms with E-state index in [0.717, 1.165) is 5.65 Å². The highest BCUT2D eigenvalue weighted by atomic mass is 16.5. The van der Waals surface area contributed by atoms with Gasteiger partial charge in [0.2, 0.25) is 0 Å². The van der Waals surface area contributed by atoms with E-state index in [4.69, 9.17) is 0 Å². The Morgan fingerprint density at radius 1 is 1.50 bits per heavy atom. The van der Waals surface area contributed by atoms with Gasteiger partial charge in [0.1, 0.15) is 12.2 Å². The SMILES string of the molecule is COC(=O)Cc1nnc2ccccn12. The van der Waals surface area contributed by atoms with Gasteiger partial charge < -0.3 is 4.74 Å². The molecular formula is C9H9N3O2. The van der Waals surface area contributed by atoms with Gasteiger partial charge in [-0.1, -0.05) is 6.07 Å². The first-order valence-corrected chi connectivity index (χ1v) is 4.16. The Bertz CT molecular complexity index is 464. The van der Waals surface area contributed by atoms with Crippen molar-refractivity contribution in [2.75, 3.05) is 7.11 Å². The first-order valence-electron chi connectivity index (χ1n) is 4.16. The van der Waals surface area contributed by atoms with Crippen LogP contribution in [0.1, 0.15) is 5.82 Å². The number of hydrogen-bond acceptors (Lipinski definition) is 4. The van der Waals surface area contributed by atoms with Gasteiger partial charge in [0.25, 0.3) is 0 Å². The summed E-state index contributed by atoms with van der Waals surface area (Å²) in [5.74, 6) is 0.274. The number of carbonyl (C=O) groups excluding carboxylic acids is 1. The van der Waals surface area contributed by atoms with Crippen molar-refractivity contribution < 1.29 is 9.53 Å². The summed E-state index contributed by atoms with van der Waals surface area (Å²) in [5.41, 5.74) is 0.728. The van der Waals surface area contributed by atoms with Gasteiger partial charge in [0.15, 0.2) is 5.65 Å². The number of rotatable bonds is 2. The van der Waals surface area contributed by atoms with E-state index in [-0.39, 0.29) is 12.4 Å². The highest BCUT2D eigenvalue weighted by Crippen LogP contribution is 2.03. The number of nitrogens with zero attached hydrogens (tertiary/aromatic N) is 3. The smallest absolute Gasteiger partial charge is 0.313 e. The minimum absolute atomic E-state index is 0.141. The average molecular weight is 191 g/mol. The van der Waals surface area contributed by atoms with Crippen molar-refractivity contribution >= 4 is 11.6 Å². The summed E-state index contributed by atoms with van der Waals surface area (Å²) in [4.78, 5) is 11.0. The molecule has 0 unspecified atom stereocenters. The third-order valence-corrected chi connectivity index (χ3v) is 1.91. The fourth-order valence-corrected chi connectivity index (χ4v) is 1.21. The summed E-state index contributed by atoms with van der Waals surface area (Å²) in [6, 6.07) is 5.55. The molecule has 2 rings (SSSR count). The van der Waals surface area contributed by atoms with Gasteiger partial charge >= 0.3 is 5.97 Å². The molecule has 14 heavy (non-hydrogen) atoms. The predicted molar refractivity (Wildman–Crippen MR) is 48.7 cm³/mol. The van der Waals surface area contributed by atoms with Crippen molar-refractivity contribution in [2.24, 2.45) is 0 Å². The van der Waals surface area contributed by atoms with Crippen molar-refractivity contribution in [1.29, 1.82) is 0 Å². The predicted octanol–water partition coefficient (Wildman–Crippen LogP) is 0.445. The zero-order chi connectivity index (χ0) is 9.97. The number of methoxy groups -OCH3 is 1. The van der Waals surface area contributed by atoms with Crippen LogP contribution in [0.3, 0.4) is 0 Å². The molecule has 2 aromatic rings. The van der Waals surface area contributed by atoms with Crippen LogP contribution in [0.15, 0.2) is 24.4 Å². The molecule has 0 atom stereocenters. The van der Waals surface area contributed by atoms with Gasteiger partial charge in [0, 0.05) is 6.20 Å². The maximum Gasteiger partial charge on any atom is 0.313 e. The lowest BCUT2D eigenvalue weighted by Gasteiger charge is -1.97. The summed E-state index contributed by atoms with van der Waals surface area (Å²) in [5, 5.41) is 7.81. The minimum Gasteiger partial charge on any atom is -0.469 e. The molecule has 0 spiro atoms. The van der Waals surface area contributed by atoms with Crippen LogP contribution in [0.2, 0.25) is 0 Å². The third-order valence-electron chi connectivity index (χ3n) is 1.91. The molecule has 2 heterocycles. The molecule has 0 aliphatic heterocycles. The van der Waals surface area contributed by atoms with Crippen molar-refractivity contribution in [2.45, 2.75) is 6.42 Å². The van der Waals surface area contributed by atoms with Gasteiger partial charge in [-0.2, -0.15) is 0 Å². The maximum atomic E-state index is 11.0. The number of ether oxygens (including phenoxy) is 1. The third kappa shape index (κ3) is 1.44. The van der Waals surface area contributed by atoms with E-state index in [0.29, 0.717) is 5.82 Å². The summed E-state index contributed by atoms with van der Waals surface area (Å²) >= 11 is 0. The monoisotopic (exact) mass is 191 g/mol. The number of pyridine rings is 1. The van der Waals surface area contributed by atoms with Crippen LogP contribution in [0.25, 0.3) is 5.65 Å². The topological polar surface area (TPSA) is 56.5 Å². The Hall–Kier alpha value is -1.91. The number of esters is 1. The van der Waals surface area contributed by atoms with Gasteiger partial charge in [0.05, 0.1) is 7.11 Å². The molecule has 0 aliphatic rings. The molecule has 0 saturated heterocycles. The minimum atomic E-state index is -0.317. The lowest BCUT2D eigenvalue weighted by molar-refractivity contribution is -0.139. The zero-order valence-corrected chi connectivity index (χ0v) is 7.67. The molecule has 0 amide bonds. The molecular weight excluding hydrogens is 182 g/mol. The van der Waals surface area contributed by atoms with Crippen molar-refractivity contribution in [1.82, 2.24) is 14.6 Å². The summed E-state index contributed by atoms with van der Waals surface area (Å²) in [7, 11) is 1.35. The molecule has 5 heteroatoms. The first kappa shape index (κ1) is 8.68. The fourth-order valence-electron chi connectivity index (χ4n) is 1.21. The van der Waals surface area contributed by atoms with Crippen molar-refractivity contribution in [3.63, 3.8) is 0 Å². The molecule has 0 fully saturated rings. The fraction of sp³-hybridized carbons (Fsp3) is 0.222. The van der Waals surface area contributed by atoms with E-state index in [1.165, 1.54) is 7.11 Å². The quantitative estimate of drug-likeness (QED) is 0.646. The molecule has 0 aliphatic carbocycles. The van der Waals surface area contributed by atoms with Crippen LogP contribution in [0.5, 0.6) is 0 Å². The highest BCUT2D eigenvalue weighted by molar-refractivity contribution is 5.71. The van der Waals surface area contributed by atoms with Gasteiger partial charge in [-0.15, -0.1) is 10.2 Å². The molecule has 0 aromatic carbocycles. The zero-order valence-electron chi connectivity index (χ0n) is 7.67. The number of carbonyl (C=O) groups is 1. The standard InChI is InChI=1S/C9H9N3O2/c1-14-9(13)6-8-11-10-7-4-2-3-5-12(7)8/h2-5H,6H2,1H3. The van der Waals surface area contributed by atoms with E-state index in [1.54, 1.807) is 4.40 Å². The van der Waals surface area contributed by atoms with E-state index >= 15 is 0 Å². The molecule has 5 nitrogen and oxygen atoms in total. The second-order valence-electron chi connectivity index (χ2n) is 2.80. The van der Waals surface area contributed by atoms with Gasteiger partial charge in [-0.3, -0.25) is 9.20 Å². The summed E-state index contributed by atoms with van der Waals surface area (Å²) in [6.07, 6.45) is 1.95. The Labute approximate surface area is 80.3 Å². The van der Waals surface area contributed by atoms with Crippen LogP contribution in [-0.4, -0.2) is 27.7 Å². The molecule has 0 N–H and O–H groups in total. The van der Waals surface area contributed by atoms with Crippen LogP contribution in [0.4, 0.5) is 0 Å². The lowest BCUT2D eigenvalue weighted by Crippen LogP contribution is -2.07. The van der Waals surface area contributed by atoms with Crippen LogP contribution in [0, 0.1) is 0 Å². The van der Waals surface area contributed by atoms with Crippen molar-refractivity contribution in [3.05, 3.63) is 30.2 Å². The number of hydrogen-bond donors (Lipinski definition) is 0. The van der Waals surface area contributed by atoms with Crippen LogP contribution < -0.4 is 0 Å². The molecule has 0 bridgehead atoms. The first-order chi connectivity index (χ1) is 6.81. The molecule has 0 saturated carbocycles. The van der Waals surface area contributed by atoms with Gasteiger partial charge in [-0.25, -0.2) is 0 Å². The van der Waals surface area contributed by atoms with E-state index in [2.05, 4.69) is 14.9 Å². The van der Waals surface area contributed by atoms with Crippen LogP contribution in [-0.2, 0) is 16.0 Å². The summed E-state index contributed by atoms with van der Waals surface area (Å²) < 4.78 is 6.31.